The third kappa shape index (κ3) is 3.32. The molecule has 0 unspecified atom stereocenters. The summed E-state index contributed by atoms with van der Waals surface area (Å²) in [6.07, 6.45) is -1.30. The molecule has 0 saturated carbocycles. The molecule has 3 nitrogen and oxygen atoms in total. The highest BCUT2D eigenvalue weighted by molar-refractivity contribution is 14.1. The van der Waals surface area contributed by atoms with Crippen molar-refractivity contribution in [2.75, 3.05) is 5.75 Å². The lowest BCUT2D eigenvalue weighted by Crippen LogP contribution is -2.33. The van der Waals surface area contributed by atoms with Gasteiger partial charge in [-0.3, -0.25) is 0 Å². The zero-order chi connectivity index (χ0) is 14.1. The van der Waals surface area contributed by atoms with E-state index in [9.17, 15) is 13.5 Å². The highest BCUT2D eigenvalue weighted by atomic mass is 127. The summed E-state index contributed by atoms with van der Waals surface area (Å²) in [7, 11) is -3.51. The van der Waals surface area contributed by atoms with Crippen LogP contribution in [0.4, 0.5) is 0 Å². The second kappa shape index (κ2) is 6.13. The molecule has 0 aliphatic heterocycles. The first-order chi connectivity index (χ1) is 8.13. The summed E-state index contributed by atoms with van der Waals surface area (Å²) in [6.45, 7) is 1.51. The van der Waals surface area contributed by atoms with Crippen molar-refractivity contribution in [3.63, 3.8) is 0 Å². The monoisotopic (exact) mass is 486 g/mol. The molecule has 1 aromatic carbocycles. The van der Waals surface area contributed by atoms with Gasteiger partial charge < -0.3 is 5.11 Å². The largest absolute Gasteiger partial charge is 0.385 e. The average molecular weight is 488 g/mol. The van der Waals surface area contributed by atoms with E-state index in [1.54, 1.807) is 28.7 Å². The molecule has 102 valence electrons. The molecule has 2 atom stereocenters. The Balaban J connectivity index is 3.26. The smallest absolute Gasteiger partial charge is 0.207 e. The van der Waals surface area contributed by atoms with Gasteiger partial charge in [0.1, 0.15) is 6.10 Å². The van der Waals surface area contributed by atoms with Gasteiger partial charge in [-0.15, -0.1) is 0 Å². The Morgan fingerprint density at radius 2 is 2.06 bits per heavy atom. The van der Waals surface area contributed by atoms with Gasteiger partial charge in [-0.05, 0) is 34.7 Å². The standard InChI is InChI=1S/C10H10BrCl2IO3S/c1-2-18(16,17)10(11,14)9(15)7-4-3-6(12)5-8(7)13/h3-5,9,15H,2H2,1H3/t9-,10-/m0/s1. The molecule has 0 bridgehead atoms. The van der Waals surface area contributed by atoms with Gasteiger partial charge in [0.05, 0.1) is 0 Å². The van der Waals surface area contributed by atoms with Crippen LogP contribution in [0.25, 0.3) is 0 Å². The summed E-state index contributed by atoms with van der Waals surface area (Å²) in [5, 5.41) is 10.9. The summed E-state index contributed by atoms with van der Waals surface area (Å²) in [4.78, 5) is 0. The van der Waals surface area contributed by atoms with E-state index in [1.165, 1.54) is 19.1 Å². The first-order valence-corrected chi connectivity index (χ1v) is 9.14. The minimum Gasteiger partial charge on any atom is -0.385 e. The Bertz CT molecular complexity index is 548. The molecule has 0 fully saturated rings. The van der Waals surface area contributed by atoms with Gasteiger partial charge in [0.2, 0.25) is 1.66 Å². The predicted octanol–water partition coefficient (Wildman–Crippen LogP) is 3.95. The minimum absolute atomic E-state index is 0.0938. The van der Waals surface area contributed by atoms with Crippen LogP contribution < -0.4 is 0 Å². The van der Waals surface area contributed by atoms with Crippen molar-refractivity contribution < 1.29 is 13.5 Å². The molecule has 0 aliphatic carbocycles. The van der Waals surface area contributed by atoms with Gasteiger partial charge >= 0.3 is 0 Å². The molecule has 1 N–H and O–H groups in total. The topological polar surface area (TPSA) is 54.4 Å². The van der Waals surface area contributed by atoms with Crippen LogP contribution in [-0.4, -0.2) is 20.9 Å². The average Bonchev–Trinajstić information content (AvgIpc) is 2.28. The Kier molecular flexibility index (Phi) is 5.78. The number of rotatable bonds is 4. The Labute approximate surface area is 138 Å². The number of hydrogen-bond acceptors (Lipinski definition) is 3. The maximum Gasteiger partial charge on any atom is 0.207 e. The Morgan fingerprint density at radius 3 is 2.50 bits per heavy atom. The van der Waals surface area contributed by atoms with Gasteiger partial charge in [0.15, 0.2) is 9.84 Å². The molecule has 0 heterocycles. The molecule has 1 aromatic rings. The van der Waals surface area contributed by atoms with Crippen LogP contribution in [0.15, 0.2) is 18.2 Å². The van der Waals surface area contributed by atoms with Crippen LogP contribution in [-0.2, 0) is 9.84 Å². The molecular weight excluding hydrogens is 478 g/mol. The zero-order valence-corrected chi connectivity index (χ0v) is 15.3. The van der Waals surface area contributed by atoms with Crippen molar-refractivity contribution in [1.82, 2.24) is 0 Å². The highest BCUT2D eigenvalue weighted by Crippen LogP contribution is 2.46. The molecule has 1 rings (SSSR count). The van der Waals surface area contributed by atoms with Gasteiger partial charge in [-0.25, -0.2) is 8.42 Å². The van der Waals surface area contributed by atoms with Crippen molar-refractivity contribution >= 4 is 71.6 Å². The summed E-state index contributed by atoms with van der Waals surface area (Å²) >= 11 is 16.5. The van der Waals surface area contributed by atoms with Crippen molar-refractivity contribution in [3.05, 3.63) is 33.8 Å². The lowest BCUT2D eigenvalue weighted by Gasteiger charge is -2.27. The first-order valence-electron chi connectivity index (χ1n) is 4.86. The Morgan fingerprint density at radius 1 is 1.50 bits per heavy atom. The van der Waals surface area contributed by atoms with Crippen LogP contribution in [0.2, 0.25) is 10.0 Å². The lowest BCUT2D eigenvalue weighted by atomic mass is 10.1. The van der Waals surface area contributed by atoms with Crippen LogP contribution in [0, 0.1) is 0 Å². The van der Waals surface area contributed by atoms with Gasteiger partial charge in [0, 0.05) is 21.4 Å². The summed E-state index contributed by atoms with van der Waals surface area (Å²) in [5.74, 6) is -0.0938. The van der Waals surface area contributed by atoms with E-state index in [0.29, 0.717) is 10.6 Å². The van der Waals surface area contributed by atoms with Crippen molar-refractivity contribution in [2.24, 2.45) is 0 Å². The molecular formula is C10H10BrCl2IO3S. The maximum absolute atomic E-state index is 11.9. The number of sulfone groups is 1. The molecule has 8 heteroatoms. The molecule has 0 saturated heterocycles. The number of aliphatic hydroxyl groups is 1. The number of benzene rings is 1. The highest BCUT2D eigenvalue weighted by Gasteiger charge is 2.45. The van der Waals surface area contributed by atoms with Crippen LogP contribution in [0.1, 0.15) is 18.6 Å². The second-order valence-corrected chi connectivity index (χ2v) is 12.5. The van der Waals surface area contributed by atoms with E-state index >= 15 is 0 Å². The maximum atomic E-state index is 11.9. The third-order valence-corrected chi connectivity index (χ3v) is 9.26. The van der Waals surface area contributed by atoms with E-state index < -0.39 is 17.6 Å². The fourth-order valence-corrected chi connectivity index (χ4v) is 4.83. The van der Waals surface area contributed by atoms with Gasteiger partial charge in [-0.1, -0.05) is 52.1 Å². The zero-order valence-electron chi connectivity index (χ0n) is 9.20. The van der Waals surface area contributed by atoms with E-state index in [2.05, 4.69) is 15.9 Å². The molecule has 0 spiro atoms. The quantitative estimate of drug-likeness (QED) is 0.517. The normalized spacial score (nSPS) is 17.2. The molecule has 18 heavy (non-hydrogen) atoms. The molecule has 0 aliphatic rings. The Hall–Kier alpha value is 0.920. The SMILES string of the molecule is CCS(=O)(=O)[C@@](Br)(I)[C@@H](O)c1ccc(Cl)cc1Cl. The van der Waals surface area contributed by atoms with Gasteiger partial charge in [-0.2, -0.15) is 0 Å². The van der Waals surface area contributed by atoms with Crippen LogP contribution in [0.5, 0.6) is 0 Å². The molecule has 0 aromatic heterocycles. The second-order valence-electron chi connectivity index (χ2n) is 3.53. The minimum atomic E-state index is -3.51. The van der Waals surface area contributed by atoms with Crippen molar-refractivity contribution in [1.29, 1.82) is 0 Å². The molecule has 0 amide bonds. The molecule has 0 radical (unpaired) electrons. The van der Waals surface area contributed by atoms with E-state index in [4.69, 9.17) is 23.2 Å². The first kappa shape index (κ1) is 17.0. The van der Waals surface area contributed by atoms with Crippen LogP contribution >= 0.6 is 61.7 Å². The van der Waals surface area contributed by atoms with Gasteiger partial charge in [0.25, 0.3) is 0 Å². The van der Waals surface area contributed by atoms with E-state index in [1.807, 2.05) is 0 Å². The number of hydrogen-bond donors (Lipinski definition) is 1. The van der Waals surface area contributed by atoms with Crippen LogP contribution in [0.3, 0.4) is 0 Å². The summed E-state index contributed by atoms with van der Waals surface area (Å²) in [6, 6.07) is 4.51. The fraction of sp³-hybridized carbons (Fsp3) is 0.400. The fourth-order valence-electron chi connectivity index (χ4n) is 1.27. The third-order valence-electron chi connectivity index (χ3n) is 2.37. The number of alkyl halides is 2. The van der Waals surface area contributed by atoms with Crippen molar-refractivity contribution in [3.8, 4) is 0 Å². The van der Waals surface area contributed by atoms with E-state index in [-0.39, 0.29) is 10.8 Å². The lowest BCUT2D eigenvalue weighted by molar-refractivity contribution is 0.191. The predicted molar refractivity (Wildman–Crippen MR) is 86.6 cm³/mol. The van der Waals surface area contributed by atoms with Crippen molar-refractivity contribution in [2.45, 2.75) is 14.7 Å². The van der Waals surface area contributed by atoms with E-state index in [0.717, 1.165) is 0 Å². The number of halogens is 4. The summed E-state index contributed by atoms with van der Waals surface area (Å²) in [5.41, 5.74) is 0.310. The summed E-state index contributed by atoms with van der Waals surface area (Å²) < 4.78 is 22.3. The number of aliphatic hydroxyl groups excluding tert-OH is 1.